The summed E-state index contributed by atoms with van der Waals surface area (Å²) in [5.74, 6) is -0.155. The molecular formula is C16H13N3O. The molecular weight excluding hydrogens is 250 g/mol. The Hall–Kier alpha value is -2.88. The van der Waals surface area contributed by atoms with Crippen molar-refractivity contribution in [1.29, 1.82) is 0 Å². The van der Waals surface area contributed by atoms with Gasteiger partial charge in [0.05, 0.1) is 5.52 Å². The van der Waals surface area contributed by atoms with Crippen LogP contribution in [0.15, 0.2) is 67.0 Å². The van der Waals surface area contributed by atoms with Crippen LogP contribution in [0, 0.1) is 0 Å². The number of aromatic nitrogens is 2. The second-order valence-electron chi connectivity index (χ2n) is 4.35. The lowest BCUT2D eigenvalue weighted by molar-refractivity contribution is -0.111. The van der Waals surface area contributed by atoms with Crippen molar-refractivity contribution in [3.63, 3.8) is 0 Å². The van der Waals surface area contributed by atoms with Gasteiger partial charge in [-0.3, -0.25) is 4.79 Å². The van der Waals surface area contributed by atoms with E-state index in [1.165, 1.54) is 6.08 Å². The summed E-state index contributed by atoms with van der Waals surface area (Å²) in [4.78, 5) is 11.8. The average Bonchev–Trinajstić information content (AvgIpc) is 2.94. The van der Waals surface area contributed by atoms with Gasteiger partial charge in [0, 0.05) is 24.2 Å². The standard InChI is InChI=1S/C16H13N3O/c20-16(7-6-13-4-2-1-3-5-13)18-14-9-11-19-15(12-14)8-10-17-19/h1-12H,(H,18,20). The zero-order chi connectivity index (χ0) is 13.8. The molecule has 0 saturated carbocycles. The summed E-state index contributed by atoms with van der Waals surface area (Å²) in [6.45, 7) is 0. The van der Waals surface area contributed by atoms with E-state index in [0.717, 1.165) is 16.8 Å². The molecule has 20 heavy (non-hydrogen) atoms. The van der Waals surface area contributed by atoms with Crippen LogP contribution in [0.4, 0.5) is 5.69 Å². The molecule has 0 spiro atoms. The first-order valence-electron chi connectivity index (χ1n) is 6.29. The molecule has 0 aliphatic heterocycles. The van der Waals surface area contributed by atoms with Gasteiger partial charge in [-0.05, 0) is 29.8 Å². The van der Waals surface area contributed by atoms with Crippen molar-refractivity contribution in [2.24, 2.45) is 0 Å². The van der Waals surface area contributed by atoms with Crippen LogP contribution in [0.2, 0.25) is 0 Å². The van der Waals surface area contributed by atoms with Crippen LogP contribution in [-0.2, 0) is 4.79 Å². The van der Waals surface area contributed by atoms with Crippen LogP contribution < -0.4 is 5.32 Å². The molecule has 3 rings (SSSR count). The minimum absolute atomic E-state index is 0.155. The van der Waals surface area contributed by atoms with Gasteiger partial charge >= 0.3 is 0 Å². The van der Waals surface area contributed by atoms with Crippen LogP contribution in [0.25, 0.3) is 11.6 Å². The second-order valence-corrected chi connectivity index (χ2v) is 4.35. The number of hydrogen-bond donors (Lipinski definition) is 1. The quantitative estimate of drug-likeness (QED) is 0.738. The van der Waals surface area contributed by atoms with Crippen LogP contribution >= 0.6 is 0 Å². The second kappa shape index (κ2) is 5.40. The predicted octanol–water partition coefficient (Wildman–Crippen LogP) is 2.99. The van der Waals surface area contributed by atoms with E-state index in [2.05, 4.69) is 10.4 Å². The lowest BCUT2D eigenvalue weighted by atomic mass is 10.2. The van der Waals surface area contributed by atoms with E-state index in [4.69, 9.17) is 0 Å². The van der Waals surface area contributed by atoms with E-state index < -0.39 is 0 Å². The topological polar surface area (TPSA) is 46.4 Å². The molecule has 0 fully saturated rings. The van der Waals surface area contributed by atoms with E-state index in [9.17, 15) is 4.79 Å². The third kappa shape index (κ3) is 2.75. The molecule has 3 aromatic rings. The fraction of sp³-hybridized carbons (Fsp3) is 0. The molecule has 4 heteroatoms. The summed E-state index contributed by atoms with van der Waals surface area (Å²) >= 11 is 0. The minimum atomic E-state index is -0.155. The van der Waals surface area contributed by atoms with Crippen LogP contribution in [0.3, 0.4) is 0 Å². The van der Waals surface area contributed by atoms with E-state index in [0.29, 0.717) is 0 Å². The normalized spacial score (nSPS) is 11.0. The van der Waals surface area contributed by atoms with Crippen molar-refractivity contribution in [2.75, 3.05) is 5.32 Å². The van der Waals surface area contributed by atoms with Gasteiger partial charge in [-0.25, -0.2) is 4.52 Å². The first kappa shape index (κ1) is 12.2. The van der Waals surface area contributed by atoms with Crippen LogP contribution in [-0.4, -0.2) is 15.5 Å². The smallest absolute Gasteiger partial charge is 0.248 e. The lowest BCUT2D eigenvalue weighted by Gasteiger charge is -2.02. The Balaban J connectivity index is 1.70. The van der Waals surface area contributed by atoms with E-state index in [1.807, 2.05) is 54.7 Å². The van der Waals surface area contributed by atoms with Crippen LogP contribution in [0.1, 0.15) is 5.56 Å². The number of benzene rings is 1. The fourth-order valence-electron chi connectivity index (χ4n) is 1.92. The first-order valence-corrected chi connectivity index (χ1v) is 6.29. The van der Waals surface area contributed by atoms with Gasteiger partial charge in [0.25, 0.3) is 0 Å². The monoisotopic (exact) mass is 263 g/mol. The molecule has 1 amide bonds. The number of amides is 1. The van der Waals surface area contributed by atoms with Gasteiger partial charge in [-0.15, -0.1) is 0 Å². The molecule has 0 aliphatic carbocycles. The zero-order valence-electron chi connectivity index (χ0n) is 10.7. The Morgan fingerprint density at radius 2 is 2.00 bits per heavy atom. The molecule has 0 bridgehead atoms. The van der Waals surface area contributed by atoms with E-state index in [-0.39, 0.29) is 5.91 Å². The highest BCUT2D eigenvalue weighted by atomic mass is 16.1. The zero-order valence-corrected chi connectivity index (χ0v) is 10.7. The summed E-state index contributed by atoms with van der Waals surface area (Å²) in [5.41, 5.74) is 2.68. The lowest BCUT2D eigenvalue weighted by Crippen LogP contribution is -2.07. The third-order valence-corrected chi connectivity index (χ3v) is 2.89. The van der Waals surface area contributed by atoms with Gasteiger partial charge in [0.2, 0.25) is 5.91 Å². The Labute approximate surface area is 116 Å². The molecule has 1 N–H and O–H groups in total. The first-order chi connectivity index (χ1) is 9.81. The van der Waals surface area contributed by atoms with Gasteiger partial charge in [-0.1, -0.05) is 30.3 Å². The maximum absolute atomic E-state index is 11.8. The summed E-state index contributed by atoms with van der Waals surface area (Å²) in [6, 6.07) is 15.3. The molecule has 98 valence electrons. The number of fused-ring (bicyclic) bond motifs is 1. The summed E-state index contributed by atoms with van der Waals surface area (Å²) in [5, 5.41) is 6.93. The molecule has 0 unspecified atom stereocenters. The summed E-state index contributed by atoms with van der Waals surface area (Å²) < 4.78 is 1.75. The van der Waals surface area contributed by atoms with Crippen molar-refractivity contribution in [2.45, 2.75) is 0 Å². The highest BCUT2D eigenvalue weighted by molar-refractivity contribution is 6.02. The summed E-state index contributed by atoms with van der Waals surface area (Å²) in [6.07, 6.45) is 6.84. The van der Waals surface area contributed by atoms with E-state index >= 15 is 0 Å². The van der Waals surface area contributed by atoms with Gasteiger partial charge in [-0.2, -0.15) is 5.10 Å². The molecule has 0 atom stereocenters. The van der Waals surface area contributed by atoms with Gasteiger partial charge < -0.3 is 5.32 Å². The number of hydrogen-bond acceptors (Lipinski definition) is 2. The van der Waals surface area contributed by atoms with Gasteiger partial charge in [0.1, 0.15) is 0 Å². The Bertz CT molecular complexity index is 760. The number of pyridine rings is 1. The fourth-order valence-corrected chi connectivity index (χ4v) is 1.92. The molecule has 4 nitrogen and oxygen atoms in total. The average molecular weight is 263 g/mol. The van der Waals surface area contributed by atoms with Crippen molar-refractivity contribution in [1.82, 2.24) is 9.61 Å². The number of rotatable bonds is 3. The van der Waals surface area contributed by atoms with Crippen molar-refractivity contribution >= 4 is 23.2 Å². The number of carbonyl (C=O) groups excluding carboxylic acids is 1. The SMILES string of the molecule is O=C(C=Cc1ccccc1)Nc1ccn2nccc2c1. The van der Waals surface area contributed by atoms with Crippen molar-refractivity contribution in [3.8, 4) is 0 Å². The number of nitrogens with zero attached hydrogens (tertiary/aromatic N) is 2. The number of nitrogens with one attached hydrogen (secondary N) is 1. The predicted molar refractivity (Wildman–Crippen MR) is 79.3 cm³/mol. The largest absolute Gasteiger partial charge is 0.322 e. The maximum Gasteiger partial charge on any atom is 0.248 e. The Morgan fingerprint density at radius 1 is 1.15 bits per heavy atom. The molecule has 0 radical (unpaired) electrons. The Kier molecular flexibility index (Phi) is 3.29. The molecule has 2 aromatic heterocycles. The molecule has 0 aliphatic rings. The van der Waals surface area contributed by atoms with Crippen molar-refractivity contribution < 1.29 is 4.79 Å². The third-order valence-electron chi connectivity index (χ3n) is 2.89. The number of anilines is 1. The molecule has 0 saturated heterocycles. The minimum Gasteiger partial charge on any atom is -0.322 e. The van der Waals surface area contributed by atoms with E-state index in [1.54, 1.807) is 16.8 Å². The number of carbonyl (C=O) groups is 1. The summed E-state index contributed by atoms with van der Waals surface area (Å²) in [7, 11) is 0. The molecule has 1 aromatic carbocycles. The maximum atomic E-state index is 11.8. The van der Waals surface area contributed by atoms with Gasteiger partial charge in [0.15, 0.2) is 0 Å². The van der Waals surface area contributed by atoms with Crippen molar-refractivity contribution in [3.05, 3.63) is 72.6 Å². The van der Waals surface area contributed by atoms with Crippen LogP contribution in [0.5, 0.6) is 0 Å². The molecule has 2 heterocycles. The highest BCUT2D eigenvalue weighted by Gasteiger charge is 2.00. The highest BCUT2D eigenvalue weighted by Crippen LogP contribution is 2.11. The Morgan fingerprint density at radius 3 is 2.85 bits per heavy atom.